The van der Waals surface area contributed by atoms with Crippen molar-refractivity contribution in [3.8, 4) is 0 Å². The van der Waals surface area contributed by atoms with E-state index in [0.717, 1.165) is 21.2 Å². The van der Waals surface area contributed by atoms with Gasteiger partial charge in [0.25, 0.3) is 5.91 Å². The zero-order chi connectivity index (χ0) is 11.4. The van der Waals surface area contributed by atoms with Crippen LogP contribution in [-0.2, 0) is 0 Å². The molecule has 1 rings (SSSR count). The second-order valence-electron chi connectivity index (χ2n) is 4.06. The van der Waals surface area contributed by atoms with Crippen molar-refractivity contribution in [2.75, 3.05) is 6.54 Å². The van der Waals surface area contributed by atoms with E-state index in [9.17, 15) is 4.79 Å². The Kier molecular flexibility index (Phi) is 4.57. The van der Waals surface area contributed by atoms with Crippen LogP contribution in [0.2, 0.25) is 0 Å². The van der Waals surface area contributed by atoms with E-state index in [0.29, 0.717) is 5.92 Å². The van der Waals surface area contributed by atoms with Crippen LogP contribution >= 0.6 is 22.6 Å². The maximum absolute atomic E-state index is 11.8. The minimum atomic E-state index is 0.0256. The van der Waals surface area contributed by atoms with E-state index >= 15 is 0 Å². The van der Waals surface area contributed by atoms with E-state index < -0.39 is 0 Å². The van der Waals surface area contributed by atoms with E-state index in [-0.39, 0.29) is 5.91 Å². The van der Waals surface area contributed by atoms with Gasteiger partial charge in [0.15, 0.2) is 0 Å². The number of hydrogen-bond acceptors (Lipinski definition) is 1. The van der Waals surface area contributed by atoms with Crippen molar-refractivity contribution in [3.05, 3.63) is 32.9 Å². The highest BCUT2D eigenvalue weighted by Crippen LogP contribution is 2.12. The van der Waals surface area contributed by atoms with Gasteiger partial charge in [0.05, 0.1) is 0 Å². The molecule has 0 fully saturated rings. The number of hydrogen-bond donors (Lipinski definition) is 1. The fourth-order valence-corrected chi connectivity index (χ4v) is 1.92. The standard InChI is InChI=1S/C12H16INO/c1-8(2)7-14-12(15)11-5-4-10(13)6-9(11)3/h4-6,8H,7H2,1-3H3,(H,14,15). The predicted octanol–water partition coefficient (Wildman–Crippen LogP) is 2.99. The van der Waals surface area contributed by atoms with Gasteiger partial charge in [-0.05, 0) is 59.2 Å². The minimum absolute atomic E-state index is 0.0256. The third-order valence-corrected chi connectivity index (χ3v) is 2.77. The number of benzene rings is 1. The lowest BCUT2D eigenvalue weighted by Gasteiger charge is -2.09. The van der Waals surface area contributed by atoms with Crippen LogP contribution in [0.4, 0.5) is 0 Å². The van der Waals surface area contributed by atoms with Crippen LogP contribution in [0.3, 0.4) is 0 Å². The molecule has 0 unspecified atom stereocenters. The fourth-order valence-electron chi connectivity index (χ4n) is 1.27. The van der Waals surface area contributed by atoms with E-state index in [1.807, 2.05) is 25.1 Å². The van der Waals surface area contributed by atoms with Gasteiger partial charge >= 0.3 is 0 Å². The summed E-state index contributed by atoms with van der Waals surface area (Å²) >= 11 is 2.25. The summed E-state index contributed by atoms with van der Waals surface area (Å²) in [6, 6.07) is 5.86. The van der Waals surface area contributed by atoms with Crippen LogP contribution in [0.15, 0.2) is 18.2 Å². The highest BCUT2D eigenvalue weighted by Gasteiger charge is 2.08. The Balaban J connectivity index is 2.74. The number of nitrogens with one attached hydrogen (secondary N) is 1. The molecular weight excluding hydrogens is 301 g/mol. The fraction of sp³-hybridized carbons (Fsp3) is 0.417. The number of carbonyl (C=O) groups excluding carboxylic acids is 1. The van der Waals surface area contributed by atoms with Crippen LogP contribution in [-0.4, -0.2) is 12.5 Å². The number of amides is 1. The summed E-state index contributed by atoms with van der Waals surface area (Å²) in [4.78, 5) is 11.8. The van der Waals surface area contributed by atoms with Crippen molar-refractivity contribution < 1.29 is 4.79 Å². The van der Waals surface area contributed by atoms with Crippen molar-refractivity contribution in [2.24, 2.45) is 5.92 Å². The zero-order valence-corrected chi connectivity index (χ0v) is 11.5. The highest BCUT2D eigenvalue weighted by molar-refractivity contribution is 14.1. The molecule has 1 aromatic carbocycles. The molecule has 0 spiro atoms. The Morgan fingerprint density at radius 1 is 1.47 bits per heavy atom. The predicted molar refractivity (Wildman–Crippen MR) is 71.1 cm³/mol. The van der Waals surface area contributed by atoms with Gasteiger partial charge in [0.2, 0.25) is 0 Å². The number of halogens is 1. The maximum Gasteiger partial charge on any atom is 0.251 e. The average Bonchev–Trinajstić information content (AvgIpc) is 2.14. The Bertz CT molecular complexity index is 361. The first-order chi connectivity index (χ1) is 7.00. The van der Waals surface area contributed by atoms with Crippen LogP contribution in [0.5, 0.6) is 0 Å². The van der Waals surface area contributed by atoms with Crippen molar-refractivity contribution in [1.29, 1.82) is 0 Å². The third-order valence-electron chi connectivity index (χ3n) is 2.10. The van der Waals surface area contributed by atoms with Crippen molar-refractivity contribution in [1.82, 2.24) is 5.32 Å². The quantitative estimate of drug-likeness (QED) is 0.853. The molecule has 0 saturated heterocycles. The first kappa shape index (κ1) is 12.5. The summed E-state index contributed by atoms with van der Waals surface area (Å²) in [5, 5.41) is 2.92. The molecule has 1 N–H and O–H groups in total. The molecule has 3 heteroatoms. The molecule has 0 bridgehead atoms. The lowest BCUT2D eigenvalue weighted by atomic mass is 10.1. The molecule has 0 radical (unpaired) electrons. The Morgan fingerprint density at radius 3 is 2.67 bits per heavy atom. The summed E-state index contributed by atoms with van der Waals surface area (Å²) in [7, 11) is 0. The molecule has 0 aromatic heterocycles. The lowest BCUT2D eigenvalue weighted by Crippen LogP contribution is -2.27. The van der Waals surface area contributed by atoms with Crippen molar-refractivity contribution in [3.63, 3.8) is 0 Å². The second-order valence-corrected chi connectivity index (χ2v) is 5.31. The molecule has 0 aliphatic heterocycles. The molecule has 0 saturated carbocycles. The molecule has 2 nitrogen and oxygen atoms in total. The van der Waals surface area contributed by atoms with Gasteiger partial charge in [-0.2, -0.15) is 0 Å². The van der Waals surface area contributed by atoms with E-state index in [2.05, 4.69) is 41.8 Å². The van der Waals surface area contributed by atoms with Gasteiger partial charge in [-0.1, -0.05) is 13.8 Å². The minimum Gasteiger partial charge on any atom is -0.352 e. The molecule has 1 amide bonds. The van der Waals surface area contributed by atoms with Crippen LogP contribution in [0.1, 0.15) is 29.8 Å². The Hall–Kier alpha value is -0.580. The van der Waals surface area contributed by atoms with Crippen LogP contribution in [0.25, 0.3) is 0 Å². The zero-order valence-electron chi connectivity index (χ0n) is 9.30. The lowest BCUT2D eigenvalue weighted by molar-refractivity contribution is 0.0948. The van der Waals surface area contributed by atoms with E-state index in [1.54, 1.807) is 0 Å². The van der Waals surface area contributed by atoms with Crippen molar-refractivity contribution >= 4 is 28.5 Å². The summed E-state index contributed by atoms with van der Waals surface area (Å²) in [6.45, 7) is 6.86. The second kappa shape index (κ2) is 5.49. The smallest absolute Gasteiger partial charge is 0.251 e. The van der Waals surface area contributed by atoms with Gasteiger partial charge in [-0.15, -0.1) is 0 Å². The monoisotopic (exact) mass is 317 g/mol. The highest BCUT2D eigenvalue weighted by atomic mass is 127. The molecular formula is C12H16INO. The Morgan fingerprint density at radius 2 is 2.13 bits per heavy atom. The number of rotatable bonds is 3. The third kappa shape index (κ3) is 3.81. The van der Waals surface area contributed by atoms with Gasteiger partial charge in [-0.25, -0.2) is 0 Å². The van der Waals surface area contributed by atoms with Gasteiger partial charge < -0.3 is 5.32 Å². The molecule has 15 heavy (non-hydrogen) atoms. The summed E-state index contributed by atoms with van der Waals surface area (Å²) in [6.07, 6.45) is 0. The summed E-state index contributed by atoms with van der Waals surface area (Å²) < 4.78 is 1.16. The first-order valence-electron chi connectivity index (χ1n) is 5.05. The molecule has 0 aliphatic rings. The first-order valence-corrected chi connectivity index (χ1v) is 6.13. The molecule has 0 heterocycles. The van der Waals surface area contributed by atoms with Gasteiger partial charge in [0, 0.05) is 15.7 Å². The topological polar surface area (TPSA) is 29.1 Å². The summed E-state index contributed by atoms with van der Waals surface area (Å²) in [5.74, 6) is 0.510. The summed E-state index contributed by atoms with van der Waals surface area (Å²) in [5.41, 5.74) is 1.80. The molecule has 1 aromatic rings. The van der Waals surface area contributed by atoms with Crippen LogP contribution < -0.4 is 5.32 Å². The van der Waals surface area contributed by atoms with Crippen LogP contribution in [0, 0.1) is 16.4 Å². The molecule has 0 atom stereocenters. The molecule has 82 valence electrons. The normalized spacial score (nSPS) is 10.5. The molecule has 0 aliphatic carbocycles. The van der Waals surface area contributed by atoms with Crippen molar-refractivity contribution in [2.45, 2.75) is 20.8 Å². The van der Waals surface area contributed by atoms with E-state index in [1.165, 1.54) is 0 Å². The van der Waals surface area contributed by atoms with Gasteiger partial charge in [-0.3, -0.25) is 4.79 Å². The number of aryl methyl sites for hydroxylation is 1. The largest absolute Gasteiger partial charge is 0.352 e. The van der Waals surface area contributed by atoms with Gasteiger partial charge in [0.1, 0.15) is 0 Å². The van der Waals surface area contributed by atoms with E-state index in [4.69, 9.17) is 0 Å². The maximum atomic E-state index is 11.8. The number of carbonyl (C=O) groups is 1. The Labute approximate surface area is 105 Å². The SMILES string of the molecule is Cc1cc(I)ccc1C(=O)NCC(C)C. The average molecular weight is 317 g/mol.